The zero-order valence-electron chi connectivity index (χ0n) is 19.4. The number of hydrogen-bond donors (Lipinski definition) is 2. The molecule has 33 heavy (non-hydrogen) atoms. The largest absolute Gasteiger partial charge is 0.375 e. The van der Waals surface area contributed by atoms with Crippen LogP contribution in [0, 0.1) is 0 Å². The Bertz CT molecular complexity index is 1030. The summed E-state index contributed by atoms with van der Waals surface area (Å²) >= 11 is 0. The standard InChI is InChI=1S/C25H33N7O/c1-3-26-25(29-17-22-7-4-5-8-23(22)19-32-12-6-10-30-32)28-16-21-9-11-27-24(15-21)31-13-14-33-20(2)18-31/h4-12,15,20H,3,13-14,16-19H2,1-2H3,(H2,26,28,29). The average Bonchev–Trinajstić information content (AvgIpc) is 3.35. The zero-order valence-corrected chi connectivity index (χ0v) is 19.4. The number of benzene rings is 1. The number of nitrogens with zero attached hydrogens (tertiary/aromatic N) is 5. The molecule has 1 atom stereocenters. The molecule has 0 amide bonds. The number of rotatable bonds is 8. The summed E-state index contributed by atoms with van der Waals surface area (Å²) in [6.07, 6.45) is 5.88. The SMILES string of the molecule is CCNC(=NCc1ccnc(N2CCOC(C)C2)c1)NCc1ccccc1Cn1cccn1. The molecule has 0 aliphatic carbocycles. The van der Waals surface area contributed by atoms with Crippen molar-refractivity contribution in [3.8, 4) is 0 Å². The van der Waals surface area contributed by atoms with Crippen LogP contribution in [0.5, 0.6) is 0 Å². The van der Waals surface area contributed by atoms with Crippen molar-refractivity contribution in [1.29, 1.82) is 0 Å². The molecule has 0 spiro atoms. The smallest absolute Gasteiger partial charge is 0.191 e. The van der Waals surface area contributed by atoms with E-state index in [2.05, 4.69) is 69.8 Å². The molecular weight excluding hydrogens is 414 g/mol. The summed E-state index contributed by atoms with van der Waals surface area (Å²) in [5.41, 5.74) is 3.60. The van der Waals surface area contributed by atoms with Crippen LogP contribution >= 0.6 is 0 Å². The molecule has 0 bridgehead atoms. The molecule has 1 fully saturated rings. The van der Waals surface area contributed by atoms with Crippen LogP contribution in [0.3, 0.4) is 0 Å². The van der Waals surface area contributed by atoms with Gasteiger partial charge in [-0.3, -0.25) is 4.68 Å². The highest BCUT2D eigenvalue weighted by molar-refractivity contribution is 5.79. The van der Waals surface area contributed by atoms with Crippen LogP contribution in [0.15, 0.2) is 66.0 Å². The molecule has 4 rings (SSSR count). The van der Waals surface area contributed by atoms with Crippen molar-refractivity contribution in [3.63, 3.8) is 0 Å². The van der Waals surface area contributed by atoms with E-state index in [4.69, 9.17) is 9.73 Å². The van der Waals surface area contributed by atoms with Gasteiger partial charge in [0, 0.05) is 44.8 Å². The maximum absolute atomic E-state index is 5.65. The summed E-state index contributed by atoms with van der Waals surface area (Å²) in [4.78, 5) is 11.7. The second-order valence-corrected chi connectivity index (χ2v) is 8.17. The van der Waals surface area contributed by atoms with E-state index >= 15 is 0 Å². The second kappa shape index (κ2) is 11.5. The van der Waals surface area contributed by atoms with Crippen LogP contribution in [-0.2, 0) is 24.4 Å². The van der Waals surface area contributed by atoms with Crippen molar-refractivity contribution < 1.29 is 4.74 Å². The van der Waals surface area contributed by atoms with Crippen molar-refractivity contribution >= 4 is 11.8 Å². The fourth-order valence-electron chi connectivity index (χ4n) is 3.90. The fraction of sp³-hybridized carbons (Fsp3) is 0.400. The summed E-state index contributed by atoms with van der Waals surface area (Å²) < 4.78 is 7.59. The molecule has 0 saturated carbocycles. The average molecular weight is 448 g/mol. The third-order valence-electron chi connectivity index (χ3n) is 5.60. The first-order valence-corrected chi connectivity index (χ1v) is 11.6. The Kier molecular flexibility index (Phi) is 7.92. The van der Waals surface area contributed by atoms with E-state index in [-0.39, 0.29) is 6.10 Å². The molecular formula is C25H33N7O. The summed E-state index contributed by atoms with van der Waals surface area (Å²) in [6, 6.07) is 14.5. The van der Waals surface area contributed by atoms with Gasteiger partial charge in [-0.05, 0) is 48.7 Å². The summed E-state index contributed by atoms with van der Waals surface area (Å²) in [6.45, 7) is 9.47. The van der Waals surface area contributed by atoms with Gasteiger partial charge >= 0.3 is 0 Å². The van der Waals surface area contributed by atoms with Gasteiger partial charge in [-0.1, -0.05) is 24.3 Å². The first kappa shape index (κ1) is 22.8. The number of pyridine rings is 1. The Morgan fingerprint density at radius 3 is 2.82 bits per heavy atom. The van der Waals surface area contributed by atoms with Gasteiger partial charge < -0.3 is 20.3 Å². The third-order valence-corrected chi connectivity index (χ3v) is 5.60. The van der Waals surface area contributed by atoms with Crippen LogP contribution in [0.2, 0.25) is 0 Å². The van der Waals surface area contributed by atoms with Crippen LogP contribution in [-0.4, -0.2) is 53.1 Å². The maximum Gasteiger partial charge on any atom is 0.191 e. The van der Waals surface area contributed by atoms with Crippen LogP contribution < -0.4 is 15.5 Å². The molecule has 0 radical (unpaired) electrons. The van der Waals surface area contributed by atoms with Gasteiger partial charge in [0.1, 0.15) is 5.82 Å². The van der Waals surface area contributed by atoms with E-state index in [9.17, 15) is 0 Å². The Labute approximate surface area is 195 Å². The lowest BCUT2D eigenvalue weighted by atomic mass is 10.1. The molecule has 8 heteroatoms. The van der Waals surface area contributed by atoms with Crippen molar-refractivity contribution in [2.24, 2.45) is 4.99 Å². The Morgan fingerprint density at radius 1 is 1.15 bits per heavy atom. The molecule has 1 aliphatic rings. The van der Waals surface area contributed by atoms with Crippen molar-refractivity contribution in [2.45, 2.75) is 39.6 Å². The lowest BCUT2D eigenvalue weighted by Gasteiger charge is -2.32. The third kappa shape index (κ3) is 6.55. The first-order chi connectivity index (χ1) is 16.2. The summed E-state index contributed by atoms with van der Waals surface area (Å²) in [7, 11) is 0. The Morgan fingerprint density at radius 2 is 2.03 bits per heavy atom. The van der Waals surface area contributed by atoms with Gasteiger partial charge in [0.2, 0.25) is 0 Å². The quantitative estimate of drug-likeness (QED) is 0.408. The summed E-state index contributed by atoms with van der Waals surface area (Å²) in [5, 5.41) is 11.2. The molecule has 1 unspecified atom stereocenters. The molecule has 2 aromatic heterocycles. The number of guanidine groups is 1. The highest BCUT2D eigenvalue weighted by Gasteiger charge is 2.18. The number of nitrogens with one attached hydrogen (secondary N) is 2. The van der Waals surface area contributed by atoms with Crippen molar-refractivity contribution in [2.75, 3.05) is 31.1 Å². The minimum absolute atomic E-state index is 0.225. The minimum Gasteiger partial charge on any atom is -0.375 e. The summed E-state index contributed by atoms with van der Waals surface area (Å²) in [5.74, 6) is 1.79. The highest BCUT2D eigenvalue weighted by Crippen LogP contribution is 2.17. The molecule has 3 aromatic rings. The van der Waals surface area contributed by atoms with Crippen LogP contribution in [0.4, 0.5) is 5.82 Å². The molecule has 8 nitrogen and oxygen atoms in total. The number of morpholine rings is 1. The van der Waals surface area contributed by atoms with Gasteiger partial charge in [0.25, 0.3) is 0 Å². The fourth-order valence-corrected chi connectivity index (χ4v) is 3.90. The topological polar surface area (TPSA) is 79.6 Å². The highest BCUT2D eigenvalue weighted by atomic mass is 16.5. The molecule has 1 aromatic carbocycles. The predicted molar refractivity (Wildman–Crippen MR) is 131 cm³/mol. The first-order valence-electron chi connectivity index (χ1n) is 11.6. The number of ether oxygens (including phenoxy) is 1. The number of aliphatic imine (C=N–C) groups is 1. The molecule has 2 N–H and O–H groups in total. The maximum atomic E-state index is 5.65. The van der Waals surface area contributed by atoms with E-state index in [1.807, 2.05) is 29.2 Å². The van der Waals surface area contributed by atoms with Gasteiger partial charge in [-0.2, -0.15) is 5.10 Å². The van der Waals surface area contributed by atoms with Crippen LogP contribution in [0.1, 0.15) is 30.5 Å². The zero-order chi connectivity index (χ0) is 22.9. The second-order valence-electron chi connectivity index (χ2n) is 8.17. The molecule has 174 valence electrons. The normalized spacial score (nSPS) is 16.6. The van der Waals surface area contributed by atoms with E-state index in [1.54, 1.807) is 6.20 Å². The van der Waals surface area contributed by atoms with E-state index in [0.29, 0.717) is 13.1 Å². The van der Waals surface area contributed by atoms with E-state index < -0.39 is 0 Å². The predicted octanol–water partition coefficient (Wildman–Crippen LogP) is 2.81. The van der Waals surface area contributed by atoms with Gasteiger partial charge in [0.05, 0.1) is 25.8 Å². The number of hydrogen-bond acceptors (Lipinski definition) is 5. The Balaban J connectivity index is 1.40. The van der Waals surface area contributed by atoms with E-state index in [0.717, 1.165) is 50.1 Å². The van der Waals surface area contributed by atoms with Gasteiger partial charge in [0.15, 0.2) is 5.96 Å². The monoisotopic (exact) mass is 447 g/mol. The van der Waals surface area contributed by atoms with Crippen molar-refractivity contribution in [3.05, 3.63) is 77.7 Å². The van der Waals surface area contributed by atoms with Gasteiger partial charge in [-0.15, -0.1) is 0 Å². The molecule has 1 saturated heterocycles. The molecule has 3 heterocycles. The lowest BCUT2D eigenvalue weighted by molar-refractivity contribution is 0.0529. The van der Waals surface area contributed by atoms with Crippen LogP contribution in [0.25, 0.3) is 0 Å². The number of aromatic nitrogens is 3. The Hall–Kier alpha value is -3.39. The van der Waals surface area contributed by atoms with Crippen molar-refractivity contribution in [1.82, 2.24) is 25.4 Å². The van der Waals surface area contributed by atoms with Gasteiger partial charge in [-0.25, -0.2) is 9.98 Å². The lowest BCUT2D eigenvalue weighted by Crippen LogP contribution is -2.41. The van der Waals surface area contributed by atoms with E-state index in [1.165, 1.54) is 11.1 Å². The minimum atomic E-state index is 0.225. The molecule has 1 aliphatic heterocycles. The number of anilines is 1.